The van der Waals surface area contributed by atoms with Gasteiger partial charge in [0.05, 0.1) is 0 Å². The molecule has 1 aliphatic rings. The third-order valence-corrected chi connectivity index (χ3v) is 5.53. The molecule has 1 N–H and O–H groups in total. The van der Waals surface area contributed by atoms with Crippen LogP contribution in [0.25, 0.3) is 10.8 Å². The zero-order chi connectivity index (χ0) is 17.4. The summed E-state index contributed by atoms with van der Waals surface area (Å²) in [4.78, 5) is 2.35. The van der Waals surface area contributed by atoms with E-state index in [0.29, 0.717) is 12.3 Å². The van der Waals surface area contributed by atoms with Gasteiger partial charge in [0.1, 0.15) is 5.75 Å². The summed E-state index contributed by atoms with van der Waals surface area (Å²) in [6.45, 7) is 1.68. The van der Waals surface area contributed by atoms with Crippen LogP contribution < -0.4 is 4.90 Å². The molecule has 0 heterocycles. The van der Waals surface area contributed by atoms with Crippen LogP contribution in [0.1, 0.15) is 18.4 Å². The summed E-state index contributed by atoms with van der Waals surface area (Å²) in [5.74, 6) is 1.10. The number of hydrogen-bond donors (Lipinski definition) is 1. The first-order valence-corrected chi connectivity index (χ1v) is 9.68. The fourth-order valence-electron chi connectivity index (χ4n) is 3.22. The molecule has 0 radical (unpaired) electrons. The molecule has 1 aliphatic carbocycles. The van der Waals surface area contributed by atoms with Crippen molar-refractivity contribution in [2.75, 3.05) is 11.4 Å². The van der Waals surface area contributed by atoms with Gasteiger partial charge in [-0.1, -0.05) is 39.7 Å². The summed E-state index contributed by atoms with van der Waals surface area (Å²) in [6, 6.07) is 17.9. The maximum atomic E-state index is 10.5. The highest BCUT2D eigenvalue weighted by Gasteiger charge is 2.25. The van der Waals surface area contributed by atoms with Crippen LogP contribution in [0.3, 0.4) is 0 Å². The van der Waals surface area contributed by atoms with Crippen molar-refractivity contribution in [3.8, 4) is 5.75 Å². The van der Waals surface area contributed by atoms with Gasteiger partial charge in [0.15, 0.2) is 0 Å². The van der Waals surface area contributed by atoms with Crippen LogP contribution in [0.2, 0.25) is 5.02 Å². The van der Waals surface area contributed by atoms with Gasteiger partial charge in [0, 0.05) is 33.8 Å². The van der Waals surface area contributed by atoms with Crippen molar-refractivity contribution in [3.63, 3.8) is 0 Å². The molecule has 0 unspecified atom stereocenters. The first-order valence-electron chi connectivity index (χ1n) is 8.51. The largest absolute Gasteiger partial charge is 0.508 e. The maximum Gasteiger partial charge on any atom is 0.121 e. The Bertz CT molecular complexity index is 900. The fraction of sp³-hybridized carbons (Fsp3) is 0.238. The molecule has 0 aliphatic heterocycles. The van der Waals surface area contributed by atoms with E-state index in [0.717, 1.165) is 44.0 Å². The lowest BCUT2D eigenvalue weighted by Gasteiger charge is -2.26. The van der Waals surface area contributed by atoms with Gasteiger partial charge in [-0.25, -0.2) is 0 Å². The van der Waals surface area contributed by atoms with Crippen molar-refractivity contribution in [3.05, 3.63) is 69.7 Å². The normalized spacial score (nSPS) is 14.0. The maximum absolute atomic E-state index is 10.5. The van der Waals surface area contributed by atoms with E-state index in [1.165, 1.54) is 12.8 Å². The number of anilines is 1. The van der Waals surface area contributed by atoms with Gasteiger partial charge in [-0.3, -0.25) is 0 Å². The van der Waals surface area contributed by atoms with Gasteiger partial charge in [0.2, 0.25) is 0 Å². The molecular formula is C21H19BrClNO. The van der Waals surface area contributed by atoms with Gasteiger partial charge >= 0.3 is 0 Å². The monoisotopic (exact) mass is 415 g/mol. The Morgan fingerprint density at radius 3 is 2.48 bits per heavy atom. The minimum absolute atomic E-state index is 0.348. The van der Waals surface area contributed by atoms with Crippen LogP contribution in [-0.4, -0.2) is 11.7 Å². The van der Waals surface area contributed by atoms with Crippen LogP contribution in [0.5, 0.6) is 5.75 Å². The minimum atomic E-state index is 0.348. The second-order valence-electron chi connectivity index (χ2n) is 6.73. The highest BCUT2D eigenvalue weighted by Crippen LogP contribution is 2.35. The summed E-state index contributed by atoms with van der Waals surface area (Å²) in [5, 5.41) is 13.5. The number of rotatable bonds is 5. The summed E-state index contributed by atoms with van der Waals surface area (Å²) >= 11 is 9.60. The number of phenols is 1. The number of benzene rings is 3. The zero-order valence-corrected chi connectivity index (χ0v) is 16.1. The second kappa shape index (κ2) is 6.89. The summed E-state index contributed by atoms with van der Waals surface area (Å²) < 4.78 is 1.02. The molecular weight excluding hydrogens is 398 g/mol. The molecule has 1 saturated carbocycles. The van der Waals surface area contributed by atoms with Crippen LogP contribution in [0.4, 0.5) is 5.69 Å². The van der Waals surface area contributed by atoms with Crippen LogP contribution in [0, 0.1) is 5.92 Å². The van der Waals surface area contributed by atoms with Crippen molar-refractivity contribution < 1.29 is 5.11 Å². The molecule has 0 spiro atoms. The Hall–Kier alpha value is -1.71. The van der Waals surface area contributed by atoms with E-state index in [1.807, 2.05) is 24.3 Å². The Kier molecular flexibility index (Phi) is 4.61. The smallest absolute Gasteiger partial charge is 0.121 e. The number of nitrogens with zero attached hydrogens (tertiary/aromatic N) is 1. The third kappa shape index (κ3) is 3.78. The lowest BCUT2D eigenvalue weighted by atomic mass is 10.0. The molecule has 0 bridgehead atoms. The molecule has 3 aromatic rings. The second-order valence-corrected chi connectivity index (χ2v) is 8.08. The first-order chi connectivity index (χ1) is 12.1. The molecule has 1 fully saturated rings. The minimum Gasteiger partial charge on any atom is -0.508 e. The predicted molar refractivity (Wildman–Crippen MR) is 109 cm³/mol. The standard InChI is InChI=1S/C21H19BrClNO/c22-16-5-3-15-4-10-21(25)20(19(15)11-16)13-24(12-14-1-2-14)18-8-6-17(23)7-9-18/h3-11,14,25H,1-2,12-13H2. The Morgan fingerprint density at radius 1 is 1.04 bits per heavy atom. The van der Waals surface area contributed by atoms with Gasteiger partial charge in [-0.05, 0) is 72.0 Å². The lowest BCUT2D eigenvalue weighted by Crippen LogP contribution is -2.25. The Morgan fingerprint density at radius 2 is 1.76 bits per heavy atom. The molecule has 4 rings (SSSR count). The van der Waals surface area contributed by atoms with Gasteiger partial charge in [-0.15, -0.1) is 0 Å². The van der Waals surface area contributed by atoms with Crippen LogP contribution in [-0.2, 0) is 6.54 Å². The molecule has 0 saturated heterocycles. The summed E-state index contributed by atoms with van der Waals surface area (Å²) in [7, 11) is 0. The Labute approximate surface area is 161 Å². The van der Waals surface area contributed by atoms with E-state index in [2.05, 4.69) is 45.1 Å². The highest BCUT2D eigenvalue weighted by molar-refractivity contribution is 9.10. The van der Waals surface area contributed by atoms with E-state index in [9.17, 15) is 5.11 Å². The molecule has 0 atom stereocenters. The molecule has 0 amide bonds. The quantitative estimate of drug-likeness (QED) is 0.522. The fourth-order valence-corrected chi connectivity index (χ4v) is 3.71. The molecule has 2 nitrogen and oxygen atoms in total. The number of aromatic hydroxyl groups is 1. The number of halogens is 2. The average molecular weight is 417 g/mol. The topological polar surface area (TPSA) is 23.5 Å². The van der Waals surface area contributed by atoms with E-state index in [-0.39, 0.29) is 0 Å². The molecule has 0 aromatic heterocycles. The van der Waals surface area contributed by atoms with E-state index in [4.69, 9.17) is 11.6 Å². The molecule has 25 heavy (non-hydrogen) atoms. The molecule has 4 heteroatoms. The highest BCUT2D eigenvalue weighted by atomic mass is 79.9. The van der Waals surface area contributed by atoms with Gasteiger partial charge in [-0.2, -0.15) is 0 Å². The zero-order valence-electron chi connectivity index (χ0n) is 13.8. The van der Waals surface area contributed by atoms with Crippen molar-refractivity contribution in [1.82, 2.24) is 0 Å². The summed E-state index contributed by atoms with van der Waals surface area (Å²) in [6.07, 6.45) is 2.58. The van der Waals surface area contributed by atoms with Gasteiger partial charge in [0.25, 0.3) is 0 Å². The van der Waals surface area contributed by atoms with Crippen molar-refractivity contribution in [2.24, 2.45) is 5.92 Å². The summed E-state index contributed by atoms with van der Waals surface area (Å²) in [5.41, 5.74) is 2.11. The van der Waals surface area contributed by atoms with E-state index in [1.54, 1.807) is 6.07 Å². The molecule has 128 valence electrons. The Balaban J connectivity index is 1.74. The van der Waals surface area contributed by atoms with E-state index < -0.39 is 0 Å². The number of fused-ring (bicyclic) bond motifs is 1. The van der Waals surface area contributed by atoms with Crippen molar-refractivity contribution in [2.45, 2.75) is 19.4 Å². The molecule has 3 aromatic carbocycles. The SMILES string of the molecule is Oc1ccc2ccc(Br)cc2c1CN(CC1CC1)c1ccc(Cl)cc1. The lowest BCUT2D eigenvalue weighted by molar-refractivity contribution is 0.468. The van der Waals surface area contributed by atoms with E-state index >= 15 is 0 Å². The van der Waals surface area contributed by atoms with Crippen molar-refractivity contribution >= 4 is 44.0 Å². The van der Waals surface area contributed by atoms with Crippen LogP contribution in [0.15, 0.2) is 59.1 Å². The average Bonchev–Trinajstić information content (AvgIpc) is 3.41. The van der Waals surface area contributed by atoms with Crippen LogP contribution >= 0.6 is 27.5 Å². The number of hydrogen-bond acceptors (Lipinski definition) is 2. The third-order valence-electron chi connectivity index (χ3n) is 4.79. The number of phenolic OH excluding ortho intramolecular Hbond substituents is 1. The predicted octanol–water partition coefficient (Wildman–Crippen LogP) is 6.38. The van der Waals surface area contributed by atoms with Gasteiger partial charge < -0.3 is 10.0 Å². The first kappa shape index (κ1) is 16.7. The van der Waals surface area contributed by atoms with Crippen molar-refractivity contribution in [1.29, 1.82) is 0 Å².